The molecule has 0 fully saturated rings. The number of rotatable bonds is 1. The fourth-order valence-electron chi connectivity index (χ4n) is 2.48. The number of nitrogens with zero attached hydrogens (tertiary/aromatic N) is 1. The minimum atomic E-state index is -0.224. The third kappa shape index (κ3) is 1.87. The number of nitrogens with two attached hydrogens (primary N) is 1. The van der Waals surface area contributed by atoms with Crippen molar-refractivity contribution in [3.63, 3.8) is 0 Å². The zero-order chi connectivity index (χ0) is 12.5. The van der Waals surface area contributed by atoms with E-state index >= 15 is 0 Å². The van der Waals surface area contributed by atoms with Gasteiger partial charge in [-0.15, -0.1) is 0 Å². The van der Waals surface area contributed by atoms with Crippen LogP contribution in [0.5, 0.6) is 0 Å². The van der Waals surface area contributed by atoms with Gasteiger partial charge in [0.1, 0.15) is 12.0 Å². The maximum absolute atomic E-state index is 13.0. The van der Waals surface area contributed by atoms with Gasteiger partial charge in [0.15, 0.2) is 0 Å². The van der Waals surface area contributed by atoms with Gasteiger partial charge in [-0.25, -0.2) is 4.39 Å². The van der Waals surface area contributed by atoms with Gasteiger partial charge in [0.2, 0.25) is 0 Å². The quantitative estimate of drug-likeness (QED) is 0.820. The Hall–Kier alpha value is -1.87. The van der Waals surface area contributed by atoms with Crippen molar-refractivity contribution in [2.75, 3.05) is 4.90 Å². The molecule has 0 amide bonds. The predicted molar refractivity (Wildman–Crippen MR) is 71.4 cm³/mol. The lowest BCUT2D eigenvalue weighted by Crippen LogP contribution is -2.42. The topological polar surface area (TPSA) is 29.3 Å². The van der Waals surface area contributed by atoms with Crippen LogP contribution < -0.4 is 10.6 Å². The van der Waals surface area contributed by atoms with Gasteiger partial charge in [-0.1, -0.05) is 18.2 Å². The molecule has 1 aromatic rings. The molecule has 0 radical (unpaired) electrons. The number of hydrogen-bond donors (Lipinski definition) is 1. The average Bonchev–Trinajstić information content (AvgIpc) is 2.40. The van der Waals surface area contributed by atoms with Gasteiger partial charge < -0.3 is 10.6 Å². The summed E-state index contributed by atoms with van der Waals surface area (Å²) in [6, 6.07) is 6.49. The van der Waals surface area contributed by atoms with Crippen LogP contribution in [0.3, 0.4) is 0 Å². The van der Waals surface area contributed by atoms with E-state index in [9.17, 15) is 4.39 Å². The molecule has 1 unspecified atom stereocenters. The van der Waals surface area contributed by atoms with Crippen LogP contribution in [0.25, 0.3) is 0 Å². The summed E-state index contributed by atoms with van der Waals surface area (Å²) in [6.45, 7) is 0. The van der Waals surface area contributed by atoms with E-state index in [-0.39, 0.29) is 12.0 Å². The molecule has 1 atom stereocenters. The maximum atomic E-state index is 13.0. The maximum Gasteiger partial charge on any atom is 0.123 e. The van der Waals surface area contributed by atoms with Crippen molar-refractivity contribution in [2.24, 2.45) is 5.73 Å². The second-order valence-electron chi connectivity index (χ2n) is 4.54. The van der Waals surface area contributed by atoms with E-state index in [4.69, 9.17) is 5.73 Å². The smallest absolute Gasteiger partial charge is 0.123 e. The van der Waals surface area contributed by atoms with Crippen molar-refractivity contribution in [2.45, 2.75) is 19.0 Å². The van der Waals surface area contributed by atoms with Crippen LogP contribution in [0, 0.1) is 5.82 Å². The molecule has 3 rings (SSSR count). The summed E-state index contributed by atoms with van der Waals surface area (Å²) < 4.78 is 13.0. The first-order valence-corrected chi connectivity index (χ1v) is 6.14. The van der Waals surface area contributed by atoms with Crippen LogP contribution in [0.1, 0.15) is 12.8 Å². The summed E-state index contributed by atoms with van der Waals surface area (Å²) in [5.41, 5.74) is 9.51. The molecule has 1 aliphatic carbocycles. The molecule has 2 N–H and O–H groups in total. The Morgan fingerprint density at radius 2 is 1.94 bits per heavy atom. The Morgan fingerprint density at radius 3 is 2.72 bits per heavy atom. The van der Waals surface area contributed by atoms with Crippen molar-refractivity contribution >= 4 is 5.69 Å². The Labute approximate surface area is 106 Å². The lowest BCUT2D eigenvalue weighted by molar-refractivity contribution is 0.627. The number of halogens is 1. The molecule has 92 valence electrons. The molecule has 0 aromatic heterocycles. The summed E-state index contributed by atoms with van der Waals surface area (Å²) in [5, 5.41) is 0. The molecule has 0 spiro atoms. The highest BCUT2D eigenvalue weighted by molar-refractivity contribution is 5.60. The molecule has 2 nitrogen and oxygen atoms in total. The minimum absolute atomic E-state index is 0.180. The van der Waals surface area contributed by atoms with E-state index in [0.717, 1.165) is 18.5 Å². The first kappa shape index (κ1) is 11.2. The van der Waals surface area contributed by atoms with Crippen LogP contribution in [-0.2, 0) is 0 Å². The normalized spacial score (nSPS) is 22.3. The van der Waals surface area contributed by atoms with Crippen molar-refractivity contribution in [1.82, 2.24) is 0 Å². The molecular weight excluding hydrogens is 227 g/mol. The third-order valence-electron chi connectivity index (χ3n) is 3.35. The van der Waals surface area contributed by atoms with Gasteiger partial charge in [-0.3, -0.25) is 0 Å². The molecule has 0 saturated heterocycles. The summed E-state index contributed by atoms with van der Waals surface area (Å²) in [6.07, 6.45) is 10.1. The Morgan fingerprint density at radius 1 is 1.17 bits per heavy atom. The van der Waals surface area contributed by atoms with Crippen LogP contribution in [0.4, 0.5) is 10.1 Å². The fourth-order valence-corrected chi connectivity index (χ4v) is 2.48. The molecule has 1 aromatic carbocycles. The molecule has 0 bridgehead atoms. The van der Waals surface area contributed by atoms with Crippen molar-refractivity contribution in [1.29, 1.82) is 0 Å². The molecule has 0 saturated carbocycles. The van der Waals surface area contributed by atoms with E-state index in [1.54, 1.807) is 12.1 Å². The van der Waals surface area contributed by atoms with E-state index in [2.05, 4.69) is 23.1 Å². The van der Waals surface area contributed by atoms with Crippen LogP contribution >= 0.6 is 0 Å². The second kappa shape index (κ2) is 4.42. The van der Waals surface area contributed by atoms with E-state index in [0.29, 0.717) is 0 Å². The molecule has 1 aliphatic heterocycles. The second-order valence-corrected chi connectivity index (χ2v) is 4.54. The molecular formula is C15H15FN2. The fraction of sp³-hybridized carbons (Fsp3) is 0.200. The summed E-state index contributed by atoms with van der Waals surface area (Å²) >= 11 is 0. The number of anilines is 1. The molecule has 1 heterocycles. The van der Waals surface area contributed by atoms with Gasteiger partial charge in [0.05, 0.1) is 0 Å². The molecule has 2 aliphatic rings. The van der Waals surface area contributed by atoms with E-state index in [1.165, 1.54) is 23.4 Å². The monoisotopic (exact) mass is 242 g/mol. The standard InChI is InChI=1S/C15H15FN2/c16-12-6-8-13(9-7-12)18-14-4-2-1-3-11(14)5-10-15(18)17/h1,3,5-10,15H,2,4,17H2. The van der Waals surface area contributed by atoms with Crippen molar-refractivity contribution < 1.29 is 4.39 Å². The highest BCUT2D eigenvalue weighted by Gasteiger charge is 2.23. The van der Waals surface area contributed by atoms with Gasteiger partial charge in [-0.2, -0.15) is 0 Å². The van der Waals surface area contributed by atoms with E-state index in [1.807, 2.05) is 6.08 Å². The van der Waals surface area contributed by atoms with Gasteiger partial charge >= 0.3 is 0 Å². The number of hydrogen-bond acceptors (Lipinski definition) is 2. The molecule has 3 heteroatoms. The first-order chi connectivity index (χ1) is 8.75. The largest absolute Gasteiger partial charge is 0.325 e. The van der Waals surface area contributed by atoms with Crippen molar-refractivity contribution in [3.05, 3.63) is 65.7 Å². The zero-order valence-corrected chi connectivity index (χ0v) is 10.0. The Balaban J connectivity index is 2.04. The number of allylic oxidation sites excluding steroid dienone is 5. The van der Waals surface area contributed by atoms with Crippen LogP contribution in [0.2, 0.25) is 0 Å². The van der Waals surface area contributed by atoms with Gasteiger partial charge in [0, 0.05) is 11.4 Å². The van der Waals surface area contributed by atoms with Crippen molar-refractivity contribution in [3.8, 4) is 0 Å². The molecule has 18 heavy (non-hydrogen) atoms. The summed E-state index contributed by atoms with van der Waals surface area (Å²) in [4.78, 5) is 2.08. The summed E-state index contributed by atoms with van der Waals surface area (Å²) in [7, 11) is 0. The minimum Gasteiger partial charge on any atom is -0.325 e. The highest BCUT2D eigenvalue weighted by atomic mass is 19.1. The Kier molecular flexibility index (Phi) is 2.76. The predicted octanol–water partition coefficient (Wildman–Crippen LogP) is 3.09. The highest BCUT2D eigenvalue weighted by Crippen LogP contribution is 2.32. The SMILES string of the molecule is NC1C=CC2=C(CCC=C2)N1c1ccc(F)cc1. The average molecular weight is 242 g/mol. The van der Waals surface area contributed by atoms with Crippen LogP contribution in [-0.4, -0.2) is 6.17 Å². The summed E-state index contributed by atoms with van der Waals surface area (Å²) in [5.74, 6) is -0.224. The Bertz CT molecular complexity index is 540. The van der Waals surface area contributed by atoms with Gasteiger partial charge in [-0.05, 0) is 48.8 Å². The number of benzene rings is 1. The van der Waals surface area contributed by atoms with Crippen LogP contribution in [0.15, 0.2) is 59.8 Å². The van der Waals surface area contributed by atoms with Gasteiger partial charge in [0.25, 0.3) is 0 Å². The first-order valence-electron chi connectivity index (χ1n) is 6.14. The lowest BCUT2D eigenvalue weighted by atomic mass is 9.97. The lowest BCUT2D eigenvalue weighted by Gasteiger charge is -2.36. The zero-order valence-electron chi connectivity index (χ0n) is 10.0. The van der Waals surface area contributed by atoms with E-state index < -0.39 is 0 Å². The third-order valence-corrected chi connectivity index (χ3v) is 3.35.